The minimum atomic E-state index is -0.453. The highest BCUT2D eigenvalue weighted by Gasteiger charge is 2.23. The summed E-state index contributed by atoms with van der Waals surface area (Å²) in [6.07, 6.45) is 0. The van der Waals surface area contributed by atoms with Crippen molar-refractivity contribution in [2.45, 2.75) is 32.2 Å². The van der Waals surface area contributed by atoms with Gasteiger partial charge in [-0.2, -0.15) is 0 Å². The molecule has 3 N–H and O–H groups in total. The van der Waals surface area contributed by atoms with Gasteiger partial charge in [0.25, 0.3) is 0 Å². The third-order valence-electron chi connectivity index (χ3n) is 2.35. The maximum Gasteiger partial charge on any atom is 0.236 e. The van der Waals surface area contributed by atoms with Gasteiger partial charge in [-0.05, 0) is 28.9 Å². The van der Waals surface area contributed by atoms with Crippen molar-refractivity contribution in [3.63, 3.8) is 0 Å². The van der Waals surface area contributed by atoms with Gasteiger partial charge in [-0.15, -0.1) is 11.3 Å². The van der Waals surface area contributed by atoms with Gasteiger partial charge in [0.2, 0.25) is 5.91 Å². The van der Waals surface area contributed by atoms with Crippen LogP contribution in [0.4, 0.5) is 0 Å². The molecule has 0 aliphatic heterocycles. The fourth-order valence-corrected chi connectivity index (χ4v) is 2.78. The summed E-state index contributed by atoms with van der Waals surface area (Å²) in [6, 6.07) is 1.63. The lowest BCUT2D eigenvalue weighted by Gasteiger charge is -2.24. The second-order valence-corrected chi connectivity index (χ2v) is 6.35. The molecule has 0 aromatic carbocycles. The first-order chi connectivity index (χ1) is 7.33. The van der Waals surface area contributed by atoms with Crippen LogP contribution in [0.2, 0.25) is 0 Å². The van der Waals surface area contributed by atoms with Crippen LogP contribution in [-0.4, -0.2) is 18.5 Å². The van der Waals surface area contributed by atoms with E-state index in [-0.39, 0.29) is 11.3 Å². The van der Waals surface area contributed by atoms with E-state index in [1.165, 1.54) is 4.88 Å². The summed E-state index contributed by atoms with van der Waals surface area (Å²) in [7, 11) is 0. The Morgan fingerprint density at radius 3 is 2.75 bits per heavy atom. The van der Waals surface area contributed by atoms with Crippen LogP contribution >= 0.6 is 27.3 Å². The fourth-order valence-electron chi connectivity index (χ4n) is 1.22. The number of halogens is 1. The molecule has 0 spiro atoms. The Labute approximate surface area is 109 Å². The second kappa shape index (κ2) is 5.29. The molecule has 5 heteroatoms. The van der Waals surface area contributed by atoms with Gasteiger partial charge in [0.1, 0.15) is 0 Å². The number of hydrogen-bond donors (Lipinski definition) is 2. The summed E-state index contributed by atoms with van der Waals surface area (Å²) in [5.74, 6) is -0.108. The molecule has 90 valence electrons. The van der Waals surface area contributed by atoms with E-state index in [0.717, 1.165) is 4.47 Å². The van der Waals surface area contributed by atoms with Crippen molar-refractivity contribution in [3.05, 3.63) is 20.8 Å². The van der Waals surface area contributed by atoms with Crippen molar-refractivity contribution >= 4 is 33.2 Å². The van der Waals surface area contributed by atoms with Crippen LogP contribution in [0.15, 0.2) is 15.9 Å². The van der Waals surface area contributed by atoms with Crippen molar-refractivity contribution in [2.75, 3.05) is 6.54 Å². The molecule has 1 atom stereocenters. The fraction of sp³-hybridized carbons (Fsp3) is 0.545. The third-order valence-corrected chi connectivity index (χ3v) is 4.41. The number of nitrogens with one attached hydrogen (secondary N) is 1. The van der Waals surface area contributed by atoms with Crippen LogP contribution in [0, 0.1) is 0 Å². The zero-order chi connectivity index (χ0) is 12.3. The molecular weight excluding hydrogens is 288 g/mol. The Morgan fingerprint density at radius 1 is 1.69 bits per heavy atom. The van der Waals surface area contributed by atoms with Crippen molar-refractivity contribution < 1.29 is 4.79 Å². The van der Waals surface area contributed by atoms with Gasteiger partial charge < -0.3 is 11.1 Å². The van der Waals surface area contributed by atoms with E-state index in [4.69, 9.17) is 5.73 Å². The molecule has 1 heterocycles. The summed E-state index contributed by atoms with van der Waals surface area (Å²) in [5.41, 5.74) is 5.42. The lowest BCUT2D eigenvalue weighted by molar-refractivity contribution is -0.122. The maximum absolute atomic E-state index is 11.4. The first kappa shape index (κ1) is 13.7. The molecule has 0 fully saturated rings. The molecule has 0 aliphatic carbocycles. The summed E-state index contributed by atoms with van der Waals surface area (Å²) >= 11 is 5.12. The highest BCUT2D eigenvalue weighted by Crippen LogP contribution is 2.30. The average molecular weight is 305 g/mol. The van der Waals surface area contributed by atoms with E-state index in [1.807, 2.05) is 5.38 Å². The lowest BCUT2D eigenvalue weighted by atomic mass is 9.91. The van der Waals surface area contributed by atoms with Gasteiger partial charge in [0, 0.05) is 26.7 Å². The quantitative estimate of drug-likeness (QED) is 0.896. The van der Waals surface area contributed by atoms with Crippen LogP contribution in [0.5, 0.6) is 0 Å². The van der Waals surface area contributed by atoms with E-state index >= 15 is 0 Å². The number of carbonyl (C=O) groups is 1. The summed E-state index contributed by atoms with van der Waals surface area (Å²) in [5, 5.41) is 4.90. The molecule has 1 aromatic heterocycles. The highest BCUT2D eigenvalue weighted by molar-refractivity contribution is 9.10. The predicted octanol–water partition coefficient (Wildman–Crippen LogP) is 2.25. The molecule has 0 saturated heterocycles. The molecule has 1 amide bonds. The Bertz CT molecular complexity index is 374. The Kier molecular flexibility index (Phi) is 4.52. The smallest absolute Gasteiger partial charge is 0.236 e. The van der Waals surface area contributed by atoms with Crippen LogP contribution in [0.3, 0.4) is 0 Å². The summed E-state index contributed by atoms with van der Waals surface area (Å²) < 4.78 is 1.08. The molecule has 0 bridgehead atoms. The van der Waals surface area contributed by atoms with Crippen molar-refractivity contribution in [3.8, 4) is 0 Å². The first-order valence-electron chi connectivity index (χ1n) is 5.11. The molecule has 0 radical (unpaired) electrons. The van der Waals surface area contributed by atoms with Crippen molar-refractivity contribution in [1.82, 2.24) is 5.32 Å². The molecule has 0 saturated carbocycles. The second-order valence-electron chi connectivity index (χ2n) is 4.52. The number of carbonyl (C=O) groups excluding carboxylic acids is 1. The molecule has 1 rings (SSSR count). The Hall–Kier alpha value is -0.390. The number of thiophene rings is 1. The number of rotatable bonds is 4. The normalized spacial score (nSPS) is 13.6. The molecule has 1 unspecified atom stereocenters. The molecular formula is C11H17BrN2OS. The average Bonchev–Trinajstić information content (AvgIpc) is 2.61. The summed E-state index contributed by atoms with van der Waals surface area (Å²) in [6.45, 7) is 6.49. The Morgan fingerprint density at radius 2 is 2.31 bits per heavy atom. The number of hydrogen-bond acceptors (Lipinski definition) is 3. The first-order valence-corrected chi connectivity index (χ1v) is 6.78. The largest absolute Gasteiger partial charge is 0.354 e. The maximum atomic E-state index is 11.4. The third kappa shape index (κ3) is 3.57. The topological polar surface area (TPSA) is 55.1 Å². The van der Waals surface area contributed by atoms with Crippen molar-refractivity contribution in [1.29, 1.82) is 0 Å². The monoisotopic (exact) mass is 304 g/mol. The van der Waals surface area contributed by atoms with E-state index < -0.39 is 6.04 Å². The lowest BCUT2D eigenvalue weighted by Crippen LogP contribution is -2.43. The number of amides is 1. The highest BCUT2D eigenvalue weighted by atomic mass is 79.9. The van der Waals surface area contributed by atoms with E-state index in [9.17, 15) is 4.79 Å². The van der Waals surface area contributed by atoms with E-state index in [1.54, 1.807) is 18.3 Å². The Balaban J connectivity index is 2.62. The predicted molar refractivity (Wildman–Crippen MR) is 71.7 cm³/mol. The van der Waals surface area contributed by atoms with Crippen LogP contribution < -0.4 is 11.1 Å². The minimum Gasteiger partial charge on any atom is -0.354 e. The van der Waals surface area contributed by atoms with Gasteiger partial charge in [-0.25, -0.2) is 0 Å². The minimum absolute atomic E-state index is 0.0682. The van der Waals surface area contributed by atoms with E-state index in [2.05, 4.69) is 41.2 Å². The van der Waals surface area contributed by atoms with Gasteiger partial charge in [0.15, 0.2) is 0 Å². The zero-order valence-electron chi connectivity index (χ0n) is 9.71. The zero-order valence-corrected chi connectivity index (χ0v) is 12.1. The summed E-state index contributed by atoms with van der Waals surface area (Å²) in [4.78, 5) is 12.6. The molecule has 0 aliphatic rings. The van der Waals surface area contributed by atoms with Gasteiger partial charge in [0.05, 0.1) is 6.04 Å². The van der Waals surface area contributed by atoms with E-state index in [0.29, 0.717) is 6.54 Å². The van der Waals surface area contributed by atoms with Gasteiger partial charge >= 0.3 is 0 Å². The van der Waals surface area contributed by atoms with Crippen LogP contribution in [0.1, 0.15) is 25.6 Å². The van der Waals surface area contributed by atoms with Gasteiger partial charge in [-0.3, -0.25) is 4.79 Å². The van der Waals surface area contributed by atoms with Crippen LogP contribution in [0.25, 0.3) is 0 Å². The van der Waals surface area contributed by atoms with Crippen molar-refractivity contribution in [2.24, 2.45) is 5.73 Å². The molecule has 3 nitrogen and oxygen atoms in total. The van der Waals surface area contributed by atoms with Crippen LogP contribution in [-0.2, 0) is 10.2 Å². The molecule has 1 aromatic rings. The SMILES string of the molecule is CC(N)C(=O)NCC(C)(C)c1cc(Br)cs1. The van der Waals surface area contributed by atoms with Gasteiger partial charge in [-0.1, -0.05) is 13.8 Å². The molecule has 16 heavy (non-hydrogen) atoms. The standard InChI is InChI=1S/C11H17BrN2OS/c1-7(13)10(15)14-6-11(2,3)9-4-8(12)5-16-9/h4-5,7H,6,13H2,1-3H3,(H,14,15). The number of nitrogens with two attached hydrogens (primary N) is 1.